The van der Waals surface area contributed by atoms with Crippen molar-refractivity contribution in [3.63, 3.8) is 0 Å². The lowest BCUT2D eigenvalue weighted by atomic mass is 10.1. The summed E-state index contributed by atoms with van der Waals surface area (Å²) in [6.45, 7) is 1.64. The Morgan fingerprint density at radius 3 is 2.68 bits per heavy atom. The lowest BCUT2D eigenvalue weighted by Gasteiger charge is -2.18. The van der Waals surface area contributed by atoms with Crippen LogP contribution in [-0.4, -0.2) is 28.1 Å². The fourth-order valence-electron chi connectivity index (χ4n) is 4.54. The van der Waals surface area contributed by atoms with Gasteiger partial charge in [0.2, 0.25) is 11.8 Å². The van der Waals surface area contributed by atoms with Crippen LogP contribution in [0.1, 0.15) is 35.1 Å². The Kier molecular flexibility index (Phi) is 5.28. The van der Waals surface area contributed by atoms with Crippen LogP contribution in [0, 0.1) is 5.92 Å². The van der Waals surface area contributed by atoms with E-state index in [1.165, 1.54) is 17.5 Å². The van der Waals surface area contributed by atoms with E-state index in [-0.39, 0.29) is 24.2 Å². The number of fused-ring (bicyclic) bond motifs is 1. The van der Waals surface area contributed by atoms with Crippen molar-refractivity contribution in [2.75, 3.05) is 11.4 Å². The summed E-state index contributed by atoms with van der Waals surface area (Å²) in [4.78, 5) is 27.0. The summed E-state index contributed by atoms with van der Waals surface area (Å²) in [7, 11) is 0. The van der Waals surface area contributed by atoms with Crippen molar-refractivity contribution in [2.45, 2.75) is 38.8 Å². The van der Waals surface area contributed by atoms with Crippen molar-refractivity contribution in [1.82, 2.24) is 15.1 Å². The molecule has 0 bridgehead atoms. The smallest absolute Gasteiger partial charge is 0.227 e. The molecule has 1 fully saturated rings. The fourth-order valence-corrected chi connectivity index (χ4v) is 4.54. The number of hydrogen-bond acceptors (Lipinski definition) is 3. The number of benzene rings is 2. The monoisotopic (exact) mass is 414 g/mol. The standard InChI is InChI=1S/C25H26N4O2/c30-24-14-22(17-29(24)23-10-9-20-3-1-4-21(20)13-23)25(31)26-15-18-5-7-19(8-6-18)16-28-12-2-11-27-28/h2,5-13,22H,1,3-4,14-17H2,(H,26,31). The van der Waals surface area contributed by atoms with Gasteiger partial charge in [-0.1, -0.05) is 30.3 Å². The minimum Gasteiger partial charge on any atom is -0.352 e. The van der Waals surface area contributed by atoms with Gasteiger partial charge in [-0.25, -0.2) is 0 Å². The number of aryl methyl sites for hydroxylation is 2. The normalized spacial score (nSPS) is 17.7. The molecule has 2 heterocycles. The number of carbonyl (C=O) groups excluding carboxylic acids is 2. The lowest BCUT2D eigenvalue weighted by Crippen LogP contribution is -2.32. The summed E-state index contributed by atoms with van der Waals surface area (Å²) in [5.74, 6) is -0.335. The van der Waals surface area contributed by atoms with Crippen molar-refractivity contribution >= 4 is 17.5 Å². The zero-order valence-electron chi connectivity index (χ0n) is 17.5. The molecule has 0 saturated carbocycles. The largest absolute Gasteiger partial charge is 0.352 e. The van der Waals surface area contributed by atoms with Crippen LogP contribution in [0.5, 0.6) is 0 Å². The molecule has 2 aromatic carbocycles. The van der Waals surface area contributed by atoms with Crippen molar-refractivity contribution < 1.29 is 9.59 Å². The second kappa shape index (κ2) is 8.38. The quantitative estimate of drug-likeness (QED) is 0.674. The molecule has 1 unspecified atom stereocenters. The maximum Gasteiger partial charge on any atom is 0.227 e. The third kappa shape index (κ3) is 4.24. The van der Waals surface area contributed by atoms with E-state index >= 15 is 0 Å². The molecule has 1 aliphatic heterocycles. The second-order valence-electron chi connectivity index (χ2n) is 8.45. The first-order valence-corrected chi connectivity index (χ1v) is 10.9. The molecular weight excluding hydrogens is 388 g/mol. The molecular formula is C25H26N4O2. The van der Waals surface area contributed by atoms with E-state index in [2.05, 4.69) is 34.7 Å². The van der Waals surface area contributed by atoms with Gasteiger partial charge >= 0.3 is 0 Å². The molecule has 1 atom stereocenters. The number of nitrogens with one attached hydrogen (secondary N) is 1. The first-order chi connectivity index (χ1) is 15.2. The molecule has 1 N–H and O–H groups in total. The van der Waals surface area contributed by atoms with Crippen LogP contribution in [0.4, 0.5) is 5.69 Å². The minimum atomic E-state index is -0.306. The van der Waals surface area contributed by atoms with Crippen molar-refractivity contribution in [1.29, 1.82) is 0 Å². The van der Waals surface area contributed by atoms with Gasteiger partial charge in [0.1, 0.15) is 0 Å². The molecule has 6 heteroatoms. The number of rotatable bonds is 6. The van der Waals surface area contributed by atoms with E-state index in [4.69, 9.17) is 0 Å². The summed E-state index contributed by atoms with van der Waals surface area (Å²) < 4.78 is 1.88. The Bertz CT molecular complexity index is 1090. The van der Waals surface area contributed by atoms with Gasteiger partial charge in [0.05, 0.1) is 12.5 Å². The maximum atomic E-state index is 12.7. The maximum absolute atomic E-state index is 12.7. The van der Waals surface area contributed by atoms with Gasteiger partial charge in [-0.15, -0.1) is 0 Å². The van der Waals surface area contributed by atoms with E-state index in [1.807, 2.05) is 35.1 Å². The van der Waals surface area contributed by atoms with Gasteiger partial charge in [-0.05, 0) is 59.7 Å². The molecule has 6 nitrogen and oxygen atoms in total. The molecule has 1 aromatic heterocycles. The van der Waals surface area contributed by atoms with Crippen LogP contribution in [0.25, 0.3) is 0 Å². The van der Waals surface area contributed by atoms with Crippen molar-refractivity contribution in [3.8, 4) is 0 Å². The highest BCUT2D eigenvalue weighted by atomic mass is 16.2. The molecule has 3 aromatic rings. The minimum absolute atomic E-state index is 0.0288. The topological polar surface area (TPSA) is 67.2 Å². The van der Waals surface area contributed by atoms with Crippen molar-refractivity contribution in [3.05, 3.63) is 83.2 Å². The van der Waals surface area contributed by atoms with Gasteiger partial charge in [-0.3, -0.25) is 14.3 Å². The highest BCUT2D eigenvalue weighted by Gasteiger charge is 2.35. The zero-order chi connectivity index (χ0) is 21.2. The first-order valence-electron chi connectivity index (χ1n) is 10.9. The summed E-state index contributed by atoms with van der Waals surface area (Å²) in [5.41, 5.74) is 5.85. The number of nitrogens with zero attached hydrogens (tertiary/aromatic N) is 3. The third-order valence-electron chi connectivity index (χ3n) is 6.28. The van der Waals surface area contributed by atoms with Crippen LogP contribution in [0.3, 0.4) is 0 Å². The van der Waals surface area contributed by atoms with Crippen LogP contribution >= 0.6 is 0 Å². The van der Waals surface area contributed by atoms with Crippen LogP contribution < -0.4 is 10.2 Å². The van der Waals surface area contributed by atoms with E-state index in [0.29, 0.717) is 13.1 Å². The summed E-state index contributed by atoms with van der Waals surface area (Å²) >= 11 is 0. The predicted octanol–water partition coefficient (Wildman–Crippen LogP) is 3.09. The molecule has 2 amide bonds. The molecule has 158 valence electrons. The van der Waals surface area contributed by atoms with E-state index in [9.17, 15) is 9.59 Å². The average molecular weight is 415 g/mol. The van der Waals surface area contributed by atoms with E-state index < -0.39 is 0 Å². The third-order valence-corrected chi connectivity index (χ3v) is 6.28. The van der Waals surface area contributed by atoms with Gasteiger partial charge in [0.15, 0.2) is 0 Å². The molecule has 5 rings (SSSR count). The summed E-state index contributed by atoms with van der Waals surface area (Å²) in [6.07, 6.45) is 7.36. The van der Waals surface area contributed by atoms with Gasteiger partial charge in [-0.2, -0.15) is 5.10 Å². The van der Waals surface area contributed by atoms with E-state index in [0.717, 1.165) is 36.2 Å². The number of anilines is 1. The highest BCUT2D eigenvalue weighted by molar-refractivity contribution is 6.00. The van der Waals surface area contributed by atoms with Crippen LogP contribution in [0.2, 0.25) is 0 Å². The number of amides is 2. The molecule has 1 saturated heterocycles. The van der Waals surface area contributed by atoms with Gasteiger partial charge in [0.25, 0.3) is 0 Å². The molecule has 2 aliphatic rings. The Labute approximate surface area is 181 Å². The number of aromatic nitrogens is 2. The van der Waals surface area contributed by atoms with Gasteiger partial charge < -0.3 is 10.2 Å². The Balaban J connectivity index is 1.16. The first kappa shape index (κ1) is 19.5. The molecule has 1 aliphatic carbocycles. The Hall–Kier alpha value is -3.41. The Morgan fingerprint density at radius 1 is 1.06 bits per heavy atom. The van der Waals surface area contributed by atoms with E-state index in [1.54, 1.807) is 11.1 Å². The second-order valence-corrected chi connectivity index (χ2v) is 8.45. The number of hydrogen-bond donors (Lipinski definition) is 1. The van der Waals surface area contributed by atoms with Gasteiger partial charge in [0, 0.05) is 37.6 Å². The predicted molar refractivity (Wildman–Crippen MR) is 119 cm³/mol. The molecule has 31 heavy (non-hydrogen) atoms. The fraction of sp³-hybridized carbons (Fsp3) is 0.320. The SMILES string of the molecule is O=C(NCc1ccc(Cn2cccn2)cc1)C1CC(=O)N(c2ccc3c(c2)CCC3)C1. The van der Waals surface area contributed by atoms with Crippen molar-refractivity contribution in [2.24, 2.45) is 5.92 Å². The summed E-state index contributed by atoms with van der Waals surface area (Å²) in [6, 6.07) is 16.3. The zero-order valence-corrected chi connectivity index (χ0v) is 17.5. The molecule has 0 spiro atoms. The lowest BCUT2D eigenvalue weighted by molar-refractivity contribution is -0.126. The Morgan fingerprint density at radius 2 is 1.87 bits per heavy atom. The molecule has 0 radical (unpaired) electrons. The summed E-state index contributed by atoms with van der Waals surface area (Å²) in [5, 5.41) is 7.22. The number of carbonyl (C=O) groups is 2. The highest BCUT2D eigenvalue weighted by Crippen LogP contribution is 2.30. The van der Waals surface area contributed by atoms with Crippen LogP contribution in [0.15, 0.2) is 60.9 Å². The van der Waals surface area contributed by atoms with Crippen LogP contribution in [-0.2, 0) is 35.5 Å². The average Bonchev–Trinajstić information content (AvgIpc) is 3.53.